The minimum Gasteiger partial charge on any atom is -0.477 e. The van der Waals surface area contributed by atoms with Crippen LogP contribution in [0.3, 0.4) is 0 Å². The Morgan fingerprint density at radius 2 is 2.11 bits per heavy atom. The molecule has 5 heteroatoms. The molecule has 19 heavy (non-hydrogen) atoms. The van der Waals surface area contributed by atoms with E-state index in [0.717, 1.165) is 29.9 Å². The van der Waals surface area contributed by atoms with Crippen LogP contribution < -0.4 is 10.1 Å². The van der Waals surface area contributed by atoms with Crippen molar-refractivity contribution in [3.8, 4) is 5.88 Å². The first-order valence-electron chi connectivity index (χ1n) is 6.39. The molecule has 0 aromatic carbocycles. The van der Waals surface area contributed by atoms with E-state index in [-0.39, 0.29) is 0 Å². The summed E-state index contributed by atoms with van der Waals surface area (Å²) < 4.78 is 5.74. The van der Waals surface area contributed by atoms with E-state index < -0.39 is 0 Å². The van der Waals surface area contributed by atoms with Crippen molar-refractivity contribution in [3.05, 3.63) is 42.0 Å². The molecule has 0 amide bonds. The Labute approximate surface area is 113 Å². The zero-order valence-electron chi connectivity index (χ0n) is 11.3. The van der Waals surface area contributed by atoms with Gasteiger partial charge in [0.25, 0.3) is 0 Å². The first kappa shape index (κ1) is 13.3. The lowest BCUT2D eigenvalue weighted by Crippen LogP contribution is -2.08. The lowest BCUT2D eigenvalue weighted by Gasteiger charge is -2.11. The third kappa shape index (κ3) is 3.40. The fourth-order valence-corrected chi connectivity index (χ4v) is 1.85. The van der Waals surface area contributed by atoms with Crippen molar-refractivity contribution < 1.29 is 4.74 Å². The molecule has 0 radical (unpaired) electrons. The van der Waals surface area contributed by atoms with Gasteiger partial charge in [-0.2, -0.15) is 0 Å². The second-order valence-corrected chi connectivity index (χ2v) is 4.03. The predicted molar refractivity (Wildman–Crippen MR) is 74.4 cm³/mol. The highest BCUT2D eigenvalue weighted by atomic mass is 16.5. The number of nitrogens with one attached hydrogen (secondary N) is 1. The molecule has 0 aliphatic heterocycles. The van der Waals surface area contributed by atoms with E-state index in [4.69, 9.17) is 4.74 Å². The maximum Gasteiger partial charge on any atom is 0.221 e. The SMILES string of the molecule is CCc1c(NC)ncnc1OCCc1ccccn1. The van der Waals surface area contributed by atoms with Crippen molar-refractivity contribution in [1.82, 2.24) is 15.0 Å². The van der Waals surface area contributed by atoms with Crippen LogP contribution in [0.4, 0.5) is 5.82 Å². The zero-order chi connectivity index (χ0) is 13.5. The molecule has 2 heterocycles. The average Bonchev–Trinajstić information content (AvgIpc) is 2.48. The van der Waals surface area contributed by atoms with Crippen LogP contribution in [0.1, 0.15) is 18.2 Å². The van der Waals surface area contributed by atoms with E-state index in [1.165, 1.54) is 6.33 Å². The van der Waals surface area contributed by atoms with Gasteiger partial charge in [-0.3, -0.25) is 4.98 Å². The van der Waals surface area contributed by atoms with Gasteiger partial charge in [-0.25, -0.2) is 9.97 Å². The Hall–Kier alpha value is -2.17. The molecule has 0 unspecified atom stereocenters. The van der Waals surface area contributed by atoms with Crippen molar-refractivity contribution in [3.63, 3.8) is 0 Å². The summed E-state index contributed by atoms with van der Waals surface area (Å²) in [4.78, 5) is 12.6. The molecular formula is C14H18N4O. The van der Waals surface area contributed by atoms with E-state index in [2.05, 4.69) is 27.2 Å². The van der Waals surface area contributed by atoms with Crippen LogP contribution in [0.25, 0.3) is 0 Å². The van der Waals surface area contributed by atoms with E-state index in [1.807, 2.05) is 25.2 Å². The summed E-state index contributed by atoms with van der Waals surface area (Å²) in [7, 11) is 1.85. The molecule has 1 N–H and O–H groups in total. The highest BCUT2D eigenvalue weighted by molar-refractivity contribution is 5.48. The third-order valence-electron chi connectivity index (χ3n) is 2.82. The topological polar surface area (TPSA) is 59.9 Å². The number of rotatable bonds is 6. The molecule has 0 fully saturated rings. The van der Waals surface area contributed by atoms with Gasteiger partial charge in [0.1, 0.15) is 12.1 Å². The Balaban J connectivity index is 2.00. The van der Waals surface area contributed by atoms with Crippen LogP contribution in [0.15, 0.2) is 30.7 Å². The Morgan fingerprint density at radius 3 is 2.79 bits per heavy atom. The molecule has 2 rings (SSSR count). The summed E-state index contributed by atoms with van der Waals surface area (Å²) in [6.45, 7) is 2.62. The van der Waals surface area contributed by atoms with Crippen molar-refractivity contribution in [1.29, 1.82) is 0 Å². The summed E-state index contributed by atoms with van der Waals surface area (Å²) in [6, 6.07) is 5.87. The molecular weight excluding hydrogens is 240 g/mol. The van der Waals surface area contributed by atoms with E-state index in [0.29, 0.717) is 12.5 Å². The fourth-order valence-electron chi connectivity index (χ4n) is 1.85. The Bertz CT molecular complexity index is 516. The average molecular weight is 258 g/mol. The Kier molecular flexibility index (Phi) is 4.66. The number of nitrogens with zero attached hydrogens (tertiary/aromatic N) is 3. The minimum absolute atomic E-state index is 0.560. The largest absolute Gasteiger partial charge is 0.477 e. The second kappa shape index (κ2) is 6.68. The maximum atomic E-state index is 5.74. The van der Waals surface area contributed by atoms with Crippen molar-refractivity contribution in [2.45, 2.75) is 19.8 Å². The van der Waals surface area contributed by atoms with Crippen molar-refractivity contribution >= 4 is 5.82 Å². The number of hydrogen-bond donors (Lipinski definition) is 1. The monoisotopic (exact) mass is 258 g/mol. The van der Waals surface area contributed by atoms with Crippen LogP contribution in [0.5, 0.6) is 5.88 Å². The smallest absolute Gasteiger partial charge is 0.221 e. The number of aromatic nitrogens is 3. The first-order valence-corrected chi connectivity index (χ1v) is 6.39. The van der Waals surface area contributed by atoms with E-state index >= 15 is 0 Å². The quantitative estimate of drug-likeness (QED) is 0.859. The number of ether oxygens (including phenoxy) is 1. The molecule has 0 aliphatic rings. The van der Waals surface area contributed by atoms with Gasteiger partial charge in [-0.1, -0.05) is 13.0 Å². The van der Waals surface area contributed by atoms with Gasteiger partial charge in [0.05, 0.1) is 12.2 Å². The van der Waals surface area contributed by atoms with Gasteiger partial charge in [0.2, 0.25) is 5.88 Å². The molecule has 0 atom stereocenters. The lowest BCUT2D eigenvalue weighted by atomic mass is 10.2. The van der Waals surface area contributed by atoms with E-state index in [1.54, 1.807) is 6.20 Å². The molecule has 0 spiro atoms. The zero-order valence-corrected chi connectivity index (χ0v) is 11.3. The van der Waals surface area contributed by atoms with Crippen LogP contribution in [0, 0.1) is 0 Å². The number of anilines is 1. The highest BCUT2D eigenvalue weighted by Gasteiger charge is 2.09. The normalized spacial score (nSPS) is 10.2. The second-order valence-electron chi connectivity index (χ2n) is 4.03. The molecule has 2 aromatic rings. The highest BCUT2D eigenvalue weighted by Crippen LogP contribution is 2.21. The predicted octanol–water partition coefficient (Wildman–Crippen LogP) is 2.10. The maximum absolute atomic E-state index is 5.74. The molecule has 0 bridgehead atoms. The van der Waals surface area contributed by atoms with Crippen LogP contribution in [-0.2, 0) is 12.8 Å². The number of pyridine rings is 1. The molecule has 0 aliphatic carbocycles. The molecule has 0 saturated carbocycles. The minimum atomic E-state index is 0.560. The van der Waals surface area contributed by atoms with Gasteiger partial charge in [-0.05, 0) is 18.6 Å². The summed E-state index contributed by atoms with van der Waals surface area (Å²) in [5.74, 6) is 1.48. The summed E-state index contributed by atoms with van der Waals surface area (Å²) in [6.07, 6.45) is 4.90. The van der Waals surface area contributed by atoms with Crippen LogP contribution >= 0.6 is 0 Å². The van der Waals surface area contributed by atoms with Gasteiger partial charge < -0.3 is 10.1 Å². The first-order chi connectivity index (χ1) is 9.35. The lowest BCUT2D eigenvalue weighted by molar-refractivity contribution is 0.304. The Morgan fingerprint density at radius 1 is 1.21 bits per heavy atom. The molecule has 100 valence electrons. The summed E-state index contributed by atoms with van der Waals surface area (Å²) in [5.41, 5.74) is 2.02. The van der Waals surface area contributed by atoms with Gasteiger partial charge >= 0.3 is 0 Å². The summed E-state index contributed by atoms with van der Waals surface area (Å²) in [5, 5.41) is 3.05. The standard InChI is InChI=1S/C14H18N4O/c1-3-12-13(15-2)17-10-18-14(12)19-9-7-11-6-4-5-8-16-11/h4-6,8,10H,3,7,9H2,1-2H3,(H,15,17,18). The molecule has 0 saturated heterocycles. The third-order valence-corrected chi connectivity index (χ3v) is 2.82. The summed E-state index contributed by atoms with van der Waals surface area (Å²) >= 11 is 0. The van der Waals surface area contributed by atoms with Crippen LogP contribution in [0.2, 0.25) is 0 Å². The molecule has 5 nitrogen and oxygen atoms in total. The fraction of sp³-hybridized carbons (Fsp3) is 0.357. The van der Waals surface area contributed by atoms with E-state index in [9.17, 15) is 0 Å². The molecule has 2 aromatic heterocycles. The van der Waals surface area contributed by atoms with Crippen LogP contribution in [-0.4, -0.2) is 28.6 Å². The van der Waals surface area contributed by atoms with Gasteiger partial charge in [0, 0.05) is 25.4 Å². The van der Waals surface area contributed by atoms with Crippen molar-refractivity contribution in [2.75, 3.05) is 19.0 Å². The number of hydrogen-bond acceptors (Lipinski definition) is 5. The van der Waals surface area contributed by atoms with Gasteiger partial charge in [0.15, 0.2) is 0 Å². The van der Waals surface area contributed by atoms with Gasteiger partial charge in [-0.15, -0.1) is 0 Å². The van der Waals surface area contributed by atoms with Crippen molar-refractivity contribution in [2.24, 2.45) is 0 Å².